The van der Waals surface area contributed by atoms with E-state index in [2.05, 4.69) is 32.0 Å². The summed E-state index contributed by atoms with van der Waals surface area (Å²) in [5.74, 6) is 1.98. The van der Waals surface area contributed by atoms with Gasteiger partial charge < -0.3 is 15.0 Å². The summed E-state index contributed by atoms with van der Waals surface area (Å²) in [5.41, 5.74) is 1.02. The Morgan fingerprint density at radius 2 is 2.06 bits per heavy atom. The van der Waals surface area contributed by atoms with Crippen molar-refractivity contribution in [1.82, 2.24) is 29.7 Å². The van der Waals surface area contributed by atoms with E-state index >= 15 is 0 Å². The highest BCUT2D eigenvalue weighted by atomic mass is 35.5. The Kier molecular flexibility index (Phi) is 8.54. The summed E-state index contributed by atoms with van der Waals surface area (Å²) in [5, 5.41) is 3.42. The van der Waals surface area contributed by atoms with Crippen LogP contribution in [0.15, 0.2) is 49.1 Å². The molecule has 2 aromatic heterocycles. The molecule has 3 heterocycles. The molecule has 35 heavy (non-hydrogen) atoms. The molecule has 1 aliphatic heterocycles. The molecule has 1 N–H and O–H groups in total. The number of piperazine rings is 1. The average Bonchev–Trinajstić information content (AvgIpc) is 3.41. The molecule has 0 bridgehead atoms. The van der Waals surface area contributed by atoms with Gasteiger partial charge in [-0.25, -0.2) is 9.97 Å². The van der Waals surface area contributed by atoms with Crippen LogP contribution in [0.2, 0.25) is 5.15 Å². The van der Waals surface area contributed by atoms with Crippen LogP contribution in [-0.4, -0.2) is 69.7 Å². The van der Waals surface area contributed by atoms with E-state index < -0.39 is 0 Å². The Morgan fingerprint density at radius 1 is 1.23 bits per heavy atom. The second-order valence-electron chi connectivity index (χ2n) is 8.65. The molecule has 0 spiro atoms. The first-order valence-corrected chi connectivity index (χ1v) is 12.3. The summed E-state index contributed by atoms with van der Waals surface area (Å²) in [6.07, 6.45) is 7.74. The second-order valence-corrected chi connectivity index (χ2v) is 9.04. The highest BCUT2D eigenvalue weighted by molar-refractivity contribution is 6.29. The first-order chi connectivity index (χ1) is 17.1. The quantitative estimate of drug-likeness (QED) is 0.430. The number of amides is 1. The van der Waals surface area contributed by atoms with Gasteiger partial charge in [0, 0.05) is 51.1 Å². The van der Waals surface area contributed by atoms with E-state index in [1.165, 1.54) is 0 Å². The molecule has 1 fully saturated rings. The van der Waals surface area contributed by atoms with Crippen LogP contribution < -0.4 is 15.0 Å². The number of imidazole rings is 1. The zero-order chi connectivity index (χ0) is 24.6. The zero-order valence-corrected chi connectivity index (χ0v) is 21.0. The van der Waals surface area contributed by atoms with Crippen LogP contribution in [0.4, 0.5) is 5.82 Å². The number of carbonyl (C=O) groups excluding carboxylic acids is 1. The van der Waals surface area contributed by atoms with Gasteiger partial charge in [0.25, 0.3) is 0 Å². The predicted octanol–water partition coefficient (Wildman–Crippen LogP) is 3.32. The van der Waals surface area contributed by atoms with E-state index in [4.69, 9.17) is 21.3 Å². The van der Waals surface area contributed by atoms with Crippen LogP contribution in [0.25, 0.3) is 5.95 Å². The first kappa shape index (κ1) is 24.9. The monoisotopic (exact) mass is 497 g/mol. The normalized spacial score (nSPS) is 16.3. The fourth-order valence-corrected chi connectivity index (χ4v) is 4.42. The summed E-state index contributed by atoms with van der Waals surface area (Å²) >= 11 is 6.37. The SMILES string of the molecule is CCCCN1CCN(c2cc(Cl)nc(-n3ccnc3)n2)C(CC(=O)NCc2ccc(OC)cc2)C1. The Hall–Kier alpha value is -3.17. The van der Waals surface area contributed by atoms with Gasteiger partial charge in [0.2, 0.25) is 11.9 Å². The number of benzene rings is 1. The van der Waals surface area contributed by atoms with Crippen LogP contribution in [0.5, 0.6) is 5.75 Å². The molecule has 0 aliphatic carbocycles. The van der Waals surface area contributed by atoms with Crippen LogP contribution in [0.3, 0.4) is 0 Å². The van der Waals surface area contributed by atoms with Crippen molar-refractivity contribution in [3.05, 3.63) is 59.8 Å². The molecule has 3 aromatic rings. The predicted molar refractivity (Wildman–Crippen MR) is 136 cm³/mol. The number of hydrogen-bond donors (Lipinski definition) is 1. The molecule has 9 nitrogen and oxygen atoms in total. The Bertz CT molecular complexity index is 1090. The summed E-state index contributed by atoms with van der Waals surface area (Å²) < 4.78 is 6.93. The van der Waals surface area contributed by atoms with Gasteiger partial charge in [0.15, 0.2) is 0 Å². The Balaban J connectivity index is 1.48. The maximum atomic E-state index is 13.0. The smallest absolute Gasteiger partial charge is 0.238 e. The Morgan fingerprint density at radius 3 is 2.77 bits per heavy atom. The fraction of sp³-hybridized carbons (Fsp3) is 0.440. The number of nitrogens with one attached hydrogen (secondary N) is 1. The van der Waals surface area contributed by atoms with Crippen molar-refractivity contribution in [2.24, 2.45) is 0 Å². The van der Waals surface area contributed by atoms with Crippen LogP contribution >= 0.6 is 11.6 Å². The van der Waals surface area contributed by atoms with Crippen LogP contribution in [-0.2, 0) is 11.3 Å². The number of aromatic nitrogens is 4. The van der Waals surface area contributed by atoms with Gasteiger partial charge in [-0.1, -0.05) is 37.1 Å². The minimum Gasteiger partial charge on any atom is -0.497 e. The lowest BCUT2D eigenvalue weighted by atomic mass is 10.1. The minimum absolute atomic E-state index is 0.00291. The number of carbonyl (C=O) groups is 1. The third-order valence-electron chi connectivity index (χ3n) is 6.16. The van der Waals surface area contributed by atoms with E-state index in [1.807, 2.05) is 24.3 Å². The third-order valence-corrected chi connectivity index (χ3v) is 6.36. The number of nitrogens with zero attached hydrogens (tertiary/aromatic N) is 6. The molecule has 1 aromatic carbocycles. The fourth-order valence-electron chi connectivity index (χ4n) is 4.25. The molecule has 1 amide bonds. The second kappa shape index (κ2) is 12.0. The molecule has 1 atom stereocenters. The van der Waals surface area contributed by atoms with E-state index in [1.54, 1.807) is 36.5 Å². The van der Waals surface area contributed by atoms with Gasteiger partial charge in [0.1, 0.15) is 23.0 Å². The van der Waals surface area contributed by atoms with Crippen LogP contribution in [0.1, 0.15) is 31.7 Å². The minimum atomic E-state index is -0.0296. The maximum Gasteiger partial charge on any atom is 0.238 e. The highest BCUT2D eigenvalue weighted by Gasteiger charge is 2.30. The standard InChI is InChI=1S/C25H32ClN7O2/c1-3-4-10-31-12-13-33(23-15-22(26)29-25(30-23)32-11-9-27-18-32)20(17-31)14-24(34)28-16-19-5-7-21(35-2)8-6-19/h5-9,11,15,18,20H,3-4,10,12-14,16-17H2,1-2H3,(H,28,34). The van der Waals surface area contributed by atoms with Crippen molar-refractivity contribution >= 4 is 23.3 Å². The number of methoxy groups -OCH3 is 1. The molecule has 186 valence electrons. The van der Waals surface area contributed by atoms with Crippen molar-refractivity contribution in [2.75, 3.05) is 38.2 Å². The van der Waals surface area contributed by atoms with E-state index in [-0.39, 0.29) is 11.9 Å². The maximum absolute atomic E-state index is 13.0. The molecule has 1 saturated heterocycles. The van der Waals surface area contributed by atoms with Crippen molar-refractivity contribution in [1.29, 1.82) is 0 Å². The Labute approximate surface area is 211 Å². The zero-order valence-electron chi connectivity index (χ0n) is 20.2. The third kappa shape index (κ3) is 6.70. The van der Waals surface area contributed by atoms with Crippen molar-refractivity contribution < 1.29 is 9.53 Å². The van der Waals surface area contributed by atoms with Crippen LogP contribution in [0, 0.1) is 0 Å². The first-order valence-electron chi connectivity index (χ1n) is 12.0. The lowest BCUT2D eigenvalue weighted by molar-refractivity contribution is -0.121. The largest absolute Gasteiger partial charge is 0.497 e. The van der Waals surface area contributed by atoms with Gasteiger partial charge in [-0.15, -0.1) is 0 Å². The van der Waals surface area contributed by atoms with Crippen molar-refractivity contribution in [3.8, 4) is 11.7 Å². The van der Waals surface area contributed by atoms with Gasteiger partial charge in [-0.3, -0.25) is 14.3 Å². The van der Waals surface area contributed by atoms with Crippen molar-refractivity contribution in [2.45, 2.75) is 38.8 Å². The number of halogens is 1. The highest BCUT2D eigenvalue weighted by Crippen LogP contribution is 2.24. The lowest BCUT2D eigenvalue weighted by Crippen LogP contribution is -2.55. The van der Waals surface area contributed by atoms with Crippen molar-refractivity contribution in [3.63, 3.8) is 0 Å². The van der Waals surface area contributed by atoms with E-state index in [0.717, 1.165) is 56.2 Å². The van der Waals surface area contributed by atoms with E-state index in [0.29, 0.717) is 24.1 Å². The summed E-state index contributed by atoms with van der Waals surface area (Å²) in [7, 11) is 1.64. The molecular weight excluding hydrogens is 466 g/mol. The number of anilines is 1. The molecule has 1 unspecified atom stereocenters. The summed E-state index contributed by atoms with van der Waals surface area (Å²) in [4.78, 5) is 30.8. The number of rotatable bonds is 10. The molecule has 1 aliphatic rings. The molecular formula is C25H32ClN7O2. The van der Waals surface area contributed by atoms with Gasteiger partial charge in [-0.2, -0.15) is 4.98 Å². The number of ether oxygens (including phenoxy) is 1. The topological polar surface area (TPSA) is 88.4 Å². The molecule has 0 radical (unpaired) electrons. The van der Waals surface area contributed by atoms with E-state index in [9.17, 15) is 4.79 Å². The molecule has 10 heteroatoms. The molecule has 0 saturated carbocycles. The number of hydrogen-bond acceptors (Lipinski definition) is 7. The number of unbranched alkanes of at least 4 members (excludes halogenated alkanes) is 1. The van der Waals surface area contributed by atoms with Gasteiger partial charge in [-0.05, 0) is 30.7 Å². The summed E-state index contributed by atoms with van der Waals surface area (Å²) in [6, 6.07) is 9.45. The van der Waals surface area contributed by atoms with Gasteiger partial charge >= 0.3 is 0 Å². The molecule has 4 rings (SSSR count). The average molecular weight is 498 g/mol. The summed E-state index contributed by atoms with van der Waals surface area (Å²) in [6.45, 7) is 6.15. The van der Waals surface area contributed by atoms with Gasteiger partial charge in [0.05, 0.1) is 13.2 Å². The lowest BCUT2D eigenvalue weighted by Gasteiger charge is -2.42.